The molecule has 3 rings (SSSR count). The van der Waals surface area contributed by atoms with Crippen LogP contribution in [0.2, 0.25) is 0 Å². The zero-order valence-corrected chi connectivity index (χ0v) is 10.9. The van der Waals surface area contributed by atoms with Crippen molar-refractivity contribution in [2.75, 3.05) is 0 Å². The normalized spacial score (nSPS) is 16.1. The molecule has 19 heavy (non-hydrogen) atoms. The second-order valence-electron chi connectivity index (χ2n) is 5.02. The van der Waals surface area contributed by atoms with E-state index in [4.69, 9.17) is 4.74 Å². The number of aliphatic hydroxyl groups is 1. The summed E-state index contributed by atoms with van der Waals surface area (Å²) in [6, 6.07) is 11.4. The van der Waals surface area contributed by atoms with Gasteiger partial charge in [0.05, 0.1) is 6.10 Å². The van der Waals surface area contributed by atoms with Gasteiger partial charge < -0.3 is 9.84 Å². The molecule has 1 saturated carbocycles. The molecule has 1 aliphatic rings. The van der Waals surface area contributed by atoms with Gasteiger partial charge in [-0.2, -0.15) is 0 Å². The van der Waals surface area contributed by atoms with Gasteiger partial charge in [0.2, 0.25) is 0 Å². The highest BCUT2D eigenvalue weighted by Crippen LogP contribution is 2.29. The van der Waals surface area contributed by atoms with Crippen LogP contribution < -0.4 is 4.74 Å². The summed E-state index contributed by atoms with van der Waals surface area (Å²) >= 11 is 0. The number of rotatable bonds is 4. The van der Waals surface area contributed by atoms with Gasteiger partial charge in [-0.25, -0.2) is 0 Å². The van der Waals surface area contributed by atoms with Crippen LogP contribution in [0.25, 0.3) is 0 Å². The zero-order valence-electron chi connectivity index (χ0n) is 10.9. The lowest BCUT2D eigenvalue weighted by atomic mass is 10.0. The summed E-state index contributed by atoms with van der Waals surface area (Å²) in [4.78, 5) is 4.15. The van der Waals surface area contributed by atoms with Crippen LogP contribution in [-0.2, 0) is 0 Å². The zero-order chi connectivity index (χ0) is 13.2. The first kappa shape index (κ1) is 12.2. The molecule has 0 saturated heterocycles. The SMILES string of the molecule is Cc1cc(C(O)c2cccc(OC3CC3)c2)ccn1. The summed E-state index contributed by atoms with van der Waals surface area (Å²) in [6.45, 7) is 1.92. The van der Waals surface area contributed by atoms with Crippen LogP contribution in [-0.4, -0.2) is 16.2 Å². The van der Waals surface area contributed by atoms with Gasteiger partial charge in [0.1, 0.15) is 11.9 Å². The molecule has 0 radical (unpaired) electrons. The first-order valence-electron chi connectivity index (χ1n) is 6.59. The number of aliphatic hydroxyl groups excluding tert-OH is 1. The average Bonchev–Trinajstić information content (AvgIpc) is 3.22. The van der Waals surface area contributed by atoms with E-state index in [1.807, 2.05) is 43.3 Å². The molecule has 0 amide bonds. The molecule has 1 N–H and O–H groups in total. The predicted octanol–water partition coefficient (Wildman–Crippen LogP) is 3.01. The Balaban J connectivity index is 1.83. The molecule has 1 aromatic carbocycles. The van der Waals surface area contributed by atoms with Crippen molar-refractivity contribution in [1.82, 2.24) is 4.98 Å². The van der Waals surface area contributed by atoms with Gasteiger partial charge in [0.25, 0.3) is 0 Å². The maximum atomic E-state index is 10.4. The molecule has 0 spiro atoms. The minimum absolute atomic E-state index is 0.371. The Morgan fingerprint density at radius 2 is 2.00 bits per heavy atom. The van der Waals surface area contributed by atoms with Gasteiger partial charge in [-0.1, -0.05) is 12.1 Å². The van der Waals surface area contributed by atoms with Crippen molar-refractivity contribution in [3.05, 3.63) is 59.4 Å². The number of hydrogen-bond acceptors (Lipinski definition) is 3. The van der Waals surface area contributed by atoms with Crippen molar-refractivity contribution in [3.8, 4) is 5.75 Å². The maximum Gasteiger partial charge on any atom is 0.120 e. The number of nitrogens with zero attached hydrogens (tertiary/aromatic N) is 1. The highest BCUT2D eigenvalue weighted by Gasteiger charge is 2.23. The van der Waals surface area contributed by atoms with E-state index in [1.165, 1.54) is 0 Å². The van der Waals surface area contributed by atoms with Crippen LogP contribution >= 0.6 is 0 Å². The van der Waals surface area contributed by atoms with Crippen LogP contribution in [0.5, 0.6) is 5.75 Å². The molecule has 1 aromatic heterocycles. The number of benzene rings is 1. The summed E-state index contributed by atoms with van der Waals surface area (Å²) in [5.74, 6) is 0.838. The monoisotopic (exact) mass is 255 g/mol. The first-order valence-corrected chi connectivity index (χ1v) is 6.59. The van der Waals surface area contributed by atoms with Gasteiger partial charge in [-0.3, -0.25) is 4.98 Å². The van der Waals surface area contributed by atoms with E-state index in [0.717, 1.165) is 35.4 Å². The highest BCUT2D eigenvalue weighted by molar-refractivity contribution is 5.35. The average molecular weight is 255 g/mol. The van der Waals surface area contributed by atoms with E-state index < -0.39 is 6.10 Å². The molecule has 1 fully saturated rings. The van der Waals surface area contributed by atoms with E-state index in [1.54, 1.807) is 6.20 Å². The Bertz CT molecular complexity index is 578. The summed E-state index contributed by atoms with van der Waals surface area (Å²) in [5.41, 5.74) is 2.61. The van der Waals surface area contributed by atoms with Crippen molar-refractivity contribution in [2.24, 2.45) is 0 Å². The Labute approximate surface area is 112 Å². The topological polar surface area (TPSA) is 42.4 Å². The van der Waals surface area contributed by atoms with Crippen molar-refractivity contribution in [1.29, 1.82) is 0 Å². The van der Waals surface area contributed by atoms with Crippen molar-refractivity contribution in [3.63, 3.8) is 0 Å². The summed E-state index contributed by atoms with van der Waals surface area (Å²) in [6.07, 6.45) is 3.73. The lowest BCUT2D eigenvalue weighted by Crippen LogP contribution is -2.02. The summed E-state index contributed by atoms with van der Waals surface area (Å²) in [5, 5.41) is 10.4. The third-order valence-corrected chi connectivity index (χ3v) is 3.24. The molecule has 3 nitrogen and oxygen atoms in total. The quantitative estimate of drug-likeness (QED) is 0.913. The highest BCUT2D eigenvalue weighted by atomic mass is 16.5. The second-order valence-corrected chi connectivity index (χ2v) is 5.02. The number of pyridine rings is 1. The minimum atomic E-state index is -0.635. The van der Waals surface area contributed by atoms with Crippen molar-refractivity contribution in [2.45, 2.75) is 32.0 Å². The lowest BCUT2D eigenvalue weighted by molar-refractivity contribution is 0.219. The third-order valence-electron chi connectivity index (χ3n) is 3.24. The minimum Gasteiger partial charge on any atom is -0.490 e. The largest absolute Gasteiger partial charge is 0.490 e. The second kappa shape index (κ2) is 5.02. The fourth-order valence-corrected chi connectivity index (χ4v) is 2.07. The van der Waals surface area contributed by atoms with Gasteiger partial charge in [-0.05, 0) is 55.2 Å². The molecule has 0 bridgehead atoms. The van der Waals surface area contributed by atoms with E-state index in [2.05, 4.69) is 4.98 Å². The number of aryl methyl sites for hydroxylation is 1. The molecular formula is C16H17NO2. The predicted molar refractivity (Wildman–Crippen MR) is 73.1 cm³/mol. The standard InChI is InChI=1S/C16H17NO2/c1-11-9-13(7-8-17-11)16(18)12-3-2-4-15(10-12)19-14-5-6-14/h2-4,7-10,14,16,18H,5-6H2,1H3. The Kier molecular flexibility index (Phi) is 3.22. The number of ether oxygens (including phenoxy) is 1. The van der Waals surface area contributed by atoms with Crippen molar-refractivity contribution >= 4 is 0 Å². The van der Waals surface area contributed by atoms with Gasteiger partial charge >= 0.3 is 0 Å². The molecule has 0 aliphatic heterocycles. The van der Waals surface area contributed by atoms with Crippen LogP contribution in [0.15, 0.2) is 42.6 Å². The Hall–Kier alpha value is -1.87. The molecule has 98 valence electrons. The molecule has 1 heterocycles. The van der Waals surface area contributed by atoms with Crippen LogP contribution in [0.3, 0.4) is 0 Å². The number of hydrogen-bond donors (Lipinski definition) is 1. The van der Waals surface area contributed by atoms with E-state index >= 15 is 0 Å². The van der Waals surface area contributed by atoms with Crippen LogP contribution in [0.4, 0.5) is 0 Å². The summed E-state index contributed by atoms with van der Waals surface area (Å²) < 4.78 is 5.75. The Morgan fingerprint density at radius 3 is 2.74 bits per heavy atom. The molecule has 1 atom stereocenters. The molecule has 1 aliphatic carbocycles. The lowest BCUT2D eigenvalue weighted by Gasteiger charge is -2.13. The maximum absolute atomic E-state index is 10.4. The molecular weight excluding hydrogens is 238 g/mol. The van der Waals surface area contributed by atoms with Crippen LogP contribution in [0.1, 0.15) is 35.8 Å². The summed E-state index contributed by atoms with van der Waals surface area (Å²) in [7, 11) is 0. The van der Waals surface area contributed by atoms with Gasteiger partial charge in [-0.15, -0.1) is 0 Å². The van der Waals surface area contributed by atoms with Gasteiger partial charge in [0, 0.05) is 11.9 Å². The first-order chi connectivity index (χ1) is 9.22. The van der Waals surface area contributed by atoms with Gasteiger partial charge in [0.15, 0.2) is 0 Å². The van der Waals surface area contributed by atoms with E-state index in [9.17, 15) is 5.11 Å². The molecule has 3 heteroatoms. The van der Waals surface area contributed by atoms with Crippen LogP contribution in [0, 0.1) is 6.92 Å². The van der Waals surface area contributed by atoms with E-state index in [0.29, 0.717) is 6.10 Å². The molecule has 2 aromatic rings. The number of aromatic nitrogens is 1. The smallest absolute Gasteiger partial charge is 0.120 e. The molecule has 1 unspecified atom stereocenters. The van der Waals surface area contributed by atoms with Crippen molar-refractivity contribution < 1.29 is 9.84 Å². The fourth-order valence-electron chi connectivity index (χ4n) is 2.07. The third kappa shape index (κ3) is 2.93. The Morgan fingerprint density at radius 1 is 1.21 bits per heavy atom. The fraction of sp³-hybridized carbons (Fsp3) is 0.312. The van der Waals surface area contributed by atoms with E-state index in [-0.39, 0.29) is 0 Å².